The summed E-state index contributed by atoms with van der Waals surface area (Å²) in [5, 5.41) is 9.13. The van der Waals surface area contributed by atoms with Crippen molar-refractivity contribution in [1.82, 2.24) is 4.90 Å². The maximum absolute atomic E-state index is 11.1. The molecule has 1 N–H and O–H groups in total. The maximum Gasteiger partial charge on any atom is 0.310 e. The van der Waals surface area contributed by atoms with Crippen LogP contribution < -0.4 is 0 Å². The average molecular weight is 261 g/mol. The minimum Gasteiger partial charge on any atom is -0.481 e. The first kappa shape index (κ1) is 14.8. The number of unbranched alkanes of at least 4 members (excludes halogenated alkanes) is 1. The number of carboxylic acids is 1. The van der Waals surface area contributed by atoms with E-state index in [1.54, 1.807) is 0 Å². The monoisotopic (exact) mass is 261 g/mol. The van der Waals surface area contributed by atoms with Crippen LogP contribution in [0, 0.1) is 5.92 Å². The van der Waals surface area contributed by atoms with Gasteiger partial charge in [-0.15, -0.1) is 0 Å². The van der Waals surface area contributed by atoms with Crippen LogP contribution in [0.15, 0.2) is 0 Å². The molecule has 100 valence electrons. The maximum atomic E-state index is 11.1. The number of nitrogens with zero attached hydrogens (tertiary/aromatic N) is 1. The molecule has 1 aliphatic rings. The predicted molar refractivity (Wildman–Crippen MR) is 70.6 cm³/mol. The summed E-state index contributed by atoms with van der Waals surface area (Å²) in [5.41, 5.74) is 0. The highest BCUT2D eigenvalue weighted by atomic mass is 32.2. The molecule has 0 amide bonds. The predicted octanol–water partition coefficient (Wildman–Crippen LogP) is 1.55. The van der Waals surface area contributed by atoms with Crippen molar-refractivity contribution in [3.8, 4) is 0 Å². The zero-order valence-corrected chi connectivity index (χ0v) is 11.5. The van der Waals surface area contributed by atoms with Gasteiger partial charge in [-0.05, 0) is 37.9 Å². The van der Waals surface area contributed by atoms with E-state index in [1.807, 2.05) is 11.8 Å². The molecule has 2 atom stereocenters. The van der Waals surface area contributed by atoms with Crippen molar-refractivity contribution < 1.29 is 14.6 Å². The summed E-state index contributed by atoms with van der Waals surface area (Å²) in [6, 6.07) is 0.0618. The number of ether oxygens (including phenoxy) is 1. The van der Waals surface area contributed by atoms with Crippen molar-refractivity contribution in [1.29, 1.82) is 0 Å². The molecular weight excluding hydrogens is 238 g/mol. The van der Waals surface area contributed by atoms with E-state index in [2.05, 4.69) is 18.1 Å². The number of hydrogen-bond acceptors (Lipinski definition) is 4. The third-order valence-corrected chi connectivity index (χ3v) is 3.98. The van der Waals surface area contributed by atoms with Crippen LogP contribution in [-0.2, 0) is 9.53 Å². The Morgan fingerprint density at radius 2 is 2.24 bits per heavy atom. The Kier molecular flexibility index (Phi) is 6.92. The van der Waals surface area contributed by atoms with Gasteiger partial charge in [-0.25, -0.2) is 0 Å². The molecule has 2 unspecified atom stereocenters. The molecule has 1 saturated heterocycles. The van der Waals surface area contributed by atoms with Crippen LogP contribution in [-0.4, -0.2) is 60.3 Å². The quantitative estimate of drug-likeness (QED) is 0.672. The van der Waals surface area contributed by atoms with E-state index in [1.165, 1.54) is 12.2 Å². The summed E-state index contributed by atoms with van der Waals surface area (Å²) in [7, 11) is 0. The Hall–Kier alpha value is -0.260. The second kappa shape index (κ2) is 7.95. The minimum atomic E-state index is -0.727. The summed E-state index contributed by atoms with van der Waals surface area (Å²) >= 11 is 1.86. The molecule has 1 fully saturated rings. The first-order valence-corrected chi connectivity index (χ1v) is 7.63. The molecule has 5 heteroatoms. The Morgan fingerprint density at radius 3 is 2.82 bits per heavy atom. The van der Waals surface area contributed by atoms with Crippen molar-refractivity contribution in [2.24, 2.45) is 5.92 Å². The van der Waals surface area contributed by atoms with Gasteiger partial charge in [0.25, 0.3) is 0 Å². The first-order valence-electron chi connectivity index (χ1n) is 6.24. The van der Waals surface area contributed by atoms with E-state index in [4.69, 9.17) is 9.84 Å². The van der Waals surface area contributed by atoms with E-state index in [9.17, 15) is 4.79 Å². The van der Waals surface area contributed by atoms with Gasteiger partial charge in [0.05, 0.1) is 19.1 Å². The van der Waals surface area contributed by atoms with Crippen LogP contribution in [0.1, 0.15) is 19.8 Å². The van der Waals surface area contributed by atoms with Gasteiger partial charge in [0, 0.05) is 6.04 Å². The second-order valence-corrected chi connectivity index (χ2v) is 5.36. The summed E-state index contributed by atoms with van der Waals surface area (Å²) in [6.07, 6.45) is 4.45. The van der Waals surface area contributed by atoms with E-state index in [-0.39, 0.29) is 12.0 Å². The molecule has 0 saturated carbocycles. The molecule has 0 aromatic rings. The first-order chi connectivity index (χ1) is 8.20. The lowest BCUT2D eigenvalue weighted by atomic mass is 10.0. The number of hydrogen-bond donors (Lipinski definition) is 1. The molecule has 1 rings (SSSR count). The van der Waals surface area contributed by atoms with Crippen molar-refractivity contribution in [3.63, 3.8) is 0 Å². The summed E-state index contributed by atoms with van der Waals surface area (Å²) in [6.45, 7) is 4.90. The van der Waals surface area contributed by atoms with Crippen molar-refractivity contribution in [2.45, 2.75) is 25.8 Å². The van der Waals surface area contributed by atoms with Gasteiger partial charge < -0.3 is 9.84 Å². The summed E-state index contributed by atoms with van der Waals surface area (Å²) in [4.78, 5) is 13.4. The molecule has 0 aromatic heterocycles. The number of thioether (sulfide) groups is 1. The van der Waals surface area contributed by atoms with Crippen LogP contribution in [0.3, 0.4) is 0 Å². The number of aliphatic carboxylic acids is 1. The molecule has 0 aliphatic carbocycles. The lowest BCUT2D eigenvalue weighted by molar-refractivity contribution is -0.143. The normalized spacial score (nSPS) is 24.4. The lowest BCUT2D eigenvalue weighted by Crippen LogP contribution is -2.43. The Morgan fingerprint density at radius 1 is 1.47 bits per heavy atom. The molecular formula is C12H23NO3S. The number of carbonyl (C=O) groups is 1. The van der Waals surface area contributed by atoms with Gasteiger partial charge in [0.2, 0.25) is 0 Å². The van der Waals surface area contributed by atoms with Crippen LogP contribution in [0.4, 0.5) is 0 Å². The smallest absolute Gasteiger partial charge is 0.310 e. The van der Waals surface area contributed by atoms with Gasteiger partial charge in [-0.3, -0.25) is 9.69 Å². The van der Waals surface area contributed by atoms with Gasteiger partial charge >= 0.3 is 5.97 Å². The van der Waals surface area contributed by atoms with E-state index >= 15 is 0 Å². The zero-order chi connectivity index (χ0) is 12.7. The number of likely N-dealkylation sites (N-methyl/N-ethyl adjacent to an activating group) is 1. The molecule has 0 bridgehead atoms. The topological polar surface area (TPSA) is 49.8 Å². The van der Waals surface area contributed by atoms with Gasteiger partial charge in [0.15, 0.2) is 0 Å². The third-order valence-electron chi connectivity index (χ3n) is 3.29. The van der Waals surface area contributed by atoms with E-state index in [0.29, 0.717) is 13.2 Å². The van der Waals surface area contributed by atoms with Gasteiger partial charge in [0.1, 0.15) is 0 Å². The number of rotatable bonds is 8. The van der Waals surface area contributed by atoms with E-state index in [0.717, 1.165) is 19.5 Å². The number of carboxylic acid groups (broad SMARTS) is 1. The molecule has 0 aromatic carbocycles. The molecule has 0 spiro atoms. The highest BCUT2D eigenvalue weighted by Crippen LogP contribution is 2.20. The average Bonchev–Trinajstić information content (AvgIpc) is 2.78. The minimum absolute atomic E-state index is 0.0618. The largest absolute Gasteiger partial charge is 0.481 e. The third kappa shape index (κ3) is 4.48. The highest BCUT2D eigenvalue weighted by Gasteiger charge is 2.37. The Labute approximate surface area is 108 Å². The lowest BCUT2D eigenvalue weighted by Gasteiger charge is -2.29. The van der Waals surface area contributed by atoms with Crippen molar-refractivity contribution >= 4 is 17.7 Å². The van der Waals surface area contributed by atoms with Gasteiger partial charge in [-0.2, -0.15) is 11.8 Å². The second-order valence-electron chi connectivity index (χ2n) is 4.38. The van der Waals surface area contributed by atoms with E-state index < -0.39 is 5.97 Å². The fourth-order valence-corrected chi connectivity index (χ4v) is 2.75. The van der Waals surface area contributed by atoms with Crippen molar-refractivity contribution in [3.05, 3.63) is 0 Å². The zero-order valence-electron chi connectivity index (χ0n) is 10.7. The SMILES string of the molecule is CCN(CCCCSC)C1COCC1C(=O)O. The van der Waals surface area contributed by atoms with Crippen LogP contribution in [0.25, 0.3) is 0 Å². The van der Waals surface area contributed by atoms with Crippen molar-refractivity contribution in [2.75, 3.05) is 38.3 Å². The Balaban J connectivity index is 2.40. The molecule has 17 heavy (non-hydrogen) atoms. The molecule has 0 radical (unpaired) electrons. The fourth-order valence-electron chi connectivity index (χ4n) is 2.26. The van der Waals surface area contributed by atoms with Crippen LogP contribution in [0.2, 0.25) is 0 Å². The van der Waals surface area contributed by atoms with Gasteiger partial charge in [-0.1, -0.05) is 6.92 Å². The highest BCUT2D eigenvalue weighted by molar-refractivity contribution is 7.98. The van der Waals surface area contributed by atoms with Crippen LogP contribution in [0.5, 0.6) is 0 Å². The molecule has 1 heterocycles. The summed E-state index contributed by atoms with van der Waals surface area (Å²) < 4.78 is 5.31. The molecule has 1 aliphatic heterocycles. The molecule has 4 nitrogen and oxygen atoms in total. The fraction of sp³-hybridized carbons (Fsp3) is 0.917. The van der Waals surface area contributed by atoms with Crippen LogP contribution >= 0.6 is 11.8 Å². The standard InChI is InChI=1S/C12H23NO3S/c1-3-13(6-4-5-7-17-2)11-9-16-8-10(11)12(14)15/h10-11H,3-9H2,1-2H3,(H,14,15). The summed E-state index contributed by atoms with van der Waals surface area (Å²) in [5.74, 6) is 0.103. The Bertz CT molecular complexity index is 238.